The molecule has 1 aliphatic rings. The van der Waals surface area contributed by atoms with Crippen LogP contribution in [0.2, 0.25) is 0 Å². The molecule has 0 radical (unpaired) electrons. The molecule has 1 saturated heterocycles. The molecule has 2 aromatic rings. The maximum atomic E-state index is 13.1. The Morgan fingerprint density at radius 2 is 2.12 bits per heavy atom. The Hall–Kier alpha value is -2.55. The predicted molar refractivity (Wildman–Crippen MR) is 88.8 cm³/mol. The first-order valence-electron chi connectivity index (χ1n) is 8.27. The van der Waals surface area contributed by atoms with Gasteiger partial charge in [0.1, 0.15) is 5.82 Å². The van der Waals surface area contributed by atoms with Gasteiger partial charge in [0.15, 0.2) is 0 Å². The molecule has 1 atom stereocenters. The number of nitrogens with zero attached hydrogens (tertiary/aromatic N) is 2. The zero-order valence-corrected chi connectivity index (χ0v) is 13.9. The topological polar surface area (TPSA) is 68.2 Å². The number of rotatable bonds is 5. The fraction of sp³-hybridized carbons (Fsp3) is 0.412. The van der Waals surface area contributed by atoms with Gasteiger partial charge in [0, 0.05) is 19.2 Å². The molecule has 9 heteroatoms. The van der Waals surface area contributed by atoms with Gasteiger partial charge in [-0.3, -0.25) is 5.32 Å². The van der Waals surface area contributed by atoms with Gasteiger partial charge in [-0.25, -0.2) is 9.48 Å². The Labute approximate surface area is 148 Å². The summed E-state index contributed by atoms with van der Waals surface area (Å²) in [5.41, 5.74) is -0.643. The van der Waals surface area contributed by atoms with E-state index in [1.54, 1.807) is 0 Å². The second-order valence-electron chi connectivity index (χ2n) is 6.00. The summed E-state index contributed by atoms with van der Waals surface area (Å²) in [5.74, 6) is 0.312. The number of aromatic nitrogens is 2. The first-order valence-corrected chi connectivity index (χ1v) is 8.27. The van der Waals surface area contributed by atoms with Gasteiger partial charge in [0.2, 0.25) is 0 Å². The summed E-state index contributed by atoms with van der Waals surface area (Å²) in [6.45, 7) is 0.972. The summed E-state index contributed by atoms with van der Waals surface area (Å²) in [5, 5.41) is 9.31. The maximum Gasteiger partial charge on any atom is 0.416 e. The molecule has 0 bridgehead atoms. The largest absolute Gasteiger partial charge is 0.416 e. The third-order valence-corrected chi connectivity index (χ3v) is 4.12. The fourth-order valence-electron chi connectivity index (χ4n) is 2.83. The van der Waals surface area contributed by atoms with E-state index in [1.807, 2.05) is 0 Å². The number of anilines is 1. The van der Waals surface area contributed by atoms with Crippen LogP contribution in [0, 0.1) is 0 Å². The molecule has 140 valence electrons. The lowest BCUT2D eigenvalue weighted by molar-refractivity contribution is -0.138. The SMILES string of the molecule is O=C(NC[C@@H]1CCCO1)Nc1ccnn1Cc1ccccc1C(F)(F)F. The van der Waals surface area contributed by atoms with Crippen molar-refractivity contribution in [3.8, 4) is 0 Å². The fourth-order valence-corrected chi connectivity index (χ4v) is 2.83. The molecule has 1 fully saturated rings. The molecule has 2 amide bonds. The van der Waals surface area contributed by atoms with E-state index in [0.717, 1.165) is 18.9 Å². The van der Waals surface area contributed by atoms with Crippen molar-refractivity contribution in [3.05, 3.63) is 47.7 Å². The van der Waals surface area contributed by atoms with Crippen LogP contribution in [0.5, 0.6) is 0 Å². The highest BCUT2D eigenvalue weighted by atomic mass is 19.4. The number of benzene rings is 1. The normalized spacial score (nSPS) is 17.3. The molecule has 0 saturated carbocycles. The van der Waals surface area contributed by atoms with E-state index < -0.39 is 17.8 Å². The summed E-state index contributed by atoms with van der Waals surface area (Å²) in [6.07, 6.45) is -1.16. The van der Waals surface area contributed by atoms with Gasteiger partial charge in [-0.15, -0.1) is 0 Å². The van der Waals surface area contributed by atoms with Gasteiger partial charge in [0.25, 0.3) is 0 Å². The molecular formula is C17H19F3N4O2. The molecule has 26 heavy (non-hydrogen) atoms. The predicted octanol–water partition coefficient (Wildman–Crippen LogP) is 3.25. The Bertz CT molecular complexity index is 754. The van der Waals surface area contributed by atoms with Gasteiger partial charge in [-0.1, -0.05) is 18.2 Å². The molecule has 1 aliphatic heterocycles. The molecule has 2 N–H and O–H groups in total. The average Bonchev–Trinajstić information content (AvgIpc) is 3.25. The van der Waals surface area contributed by atoms with Crippen molar-refractivity contribution in [2.24, 2.45) is 0 Å². The molecule has 6 nitrogen and oxygen atoms in total. The van der Waals surface area contributed by atoms with Gasteiger partial charge in [-0.05, 0) is 24.5 Å². The van der Waals surface area contributed by atoms with E-state index >= 15 is 0 Å². The minimum atomic E-state index is -4.45. The smallest absolute Gasteiger partial charge is 0.376 e. The van der Waals surface area contributed by atoms with E-state index in [4.69, 9.17) is 4.74 Å². The number of halogens is 3. The number of nitrogens with one attached hydrogen (secondary N) is 2. The zero-order valence-electron chi connectivity index (χ0n) is 13.9. The third-order valence-electron chi connectivity index (χ3n) is 4.12. The zero-order chi connectivity index (χ0) is 18.6. The highest BCUT2D eigenvalue weighted by Crippen LogP contribution is 2.32. The summed E-state index contributed by atoms with van der Waals surface area (Å²) < 4.78 is 46.1. The van der Waals surface area contributed by atoms with Crippen LogP contribution in [0.3, 0.4) is 0 Å². The molecule has 2 heterocycles. The number of amides is 2. The van der Waals surface area contributed by atoms with Gasteiger partial charge in [-0.2, -0.15) is 18.3 Å². The Kier molecular flexibility index (Phi) is 5.46. The number of urea groups is 1. The summed E-state index contributed by atoms with van der Waals surface area (Å²) in [7, 11) is 0. The van der Waals surface area contributed by atoms with Gasteiger partial charge >= 0.3 is 12.2 Å². The number of ether oxygens (including phenoxy) is 1. The third kappa shape index (κ3) is 4.54. The summed E-state index contributed by atoms with van der Waals surface area (Å²) in [4.78, 5) is 12.0. The first-order chi connectivity index (χ1) is 12.4. The van der Waals surface area contributed by atoms with Crippen molar-refractivity contribution < 1.29 is 22.7 Å². The van der Waals surface area contributed by atoms with Crippen LogP contribution in [-0.2, 0) is 17.5 Å². The number of alkyl halides is 3. The quantitative estimate of drug-likeness (QED) is 0.851. The van der Waals surface area contributed by atoms with Crippen molar-refractivity contribution in [1.82, 2.24) is 15.1 Å². The standard InChI is InChI=1S/C17H19F3N4O2/c18-17(19,20)14-6-2-1-4-12(14)11-24-15(7-8-22-24)23-16(25)21-10-13-5-3-9-26-13/h1-2,4,6-8,13H,3,5,9-11H2,(H2,21,23,25)/t13-/m0/s1. The second kappa shape index (κ2) is 7.77. The van der Waals surface area contributed by atoms with E-state index in [2.05, 4.69) is 15.7 Å². The minimum absolute atomic E-state index is 0.00400. The Morgan fingerprint density at radius 3 is 2.85 bits per heavy atom. The van der Waals surface area contributed by atoms with E-state index in [-0.39, 0.29) is 18.2 Å². The van der Waals surface area contributed by atoms with Crippen LogP contribution in [0.15, 0.2) is 36.5 Å². The highest BCUT2D eigenvalue weighted by molar-refractivity contribution is 5.88. The molecule has 0 spiro atoms. The van der Waals surface area contributed by atoms with Crippen LogP contribution in [0.25, 0.3) is 0 Å². The molecule has 1 aromatic heterocycles. The lowest BCUT2D eigenvalue weighted by Gasteiger charge is -2.15. The molecular weight excluding hydrogens is 349 g/mol. The molecule has 0 unspecified atom stereocenters. The minimum Gasteiger partial charge on any atom is -0.376 e. The monoisotopic (exact) mass is 368 g/mol. The summed E-state index contributed by atoms with van der Waals surface area (Å²) in [6, 6.07) is 6.38. The number of carbonyl (C=O) groups excluding carboxylic acids is 1. The van der Waals surface area contributed by atoms with E-state index in [1.165, 1.54) is 35.1 Å². The van der Waals surface area contributed by atoms with Crippen LogP contribution < -0.4 is 10.6 Å². The van der Waals surface area contributed by atoms with Crippen LogP contribution in [0.4, 0.5) is 23.8 Å². The number of carbonyl (C=O) groups is 1. The van der Waals surface area contributed by atoms with Crippen molar-refractivity contribution in [1.29, 1.82) is 0 Å². The molecule has 0 aliphatic carbocycles. The van der Waals surface area contributed by atoms with Crippen molar-refractivity contribution in [2.75, 3.05) is 18.5 Å². The average molecular weight is 368 g/mol. The van der Waals surface area contributed by atoms with Crippen LogP contribution in [0.1, 0.15) is 24.0 Å². The van der Waals surface area contributed by atoms with Crippen LogP contribution in [-0.4, -0.2) is 35.1 Å². The first kappa shape index (κ1) is 18.2. The second-order valence-corrected chi connectivity index (χ2v) is 6.00. The van der Waals surface area contributed by atoms with Crippen LogP contribution >= 0.6 is 0 Å². The summed E-state index contributed by atoms with van der Waals surface area (Å²) >= 11 is 0. The van der Waals surface area contributed by atoms with Gasteiger partial charge < -0.3 is 10.1 Å². The lowest BCUT2D eigenvalue weighted by atomic mass is 10.1. The molecule has 3 rings (SSSR count). The van der Waals surface area contributed by atoms with E-state index in [0.29, 0.717) is 19.0 Å². The van der Waals surface area contributed by atoms with Crippen molar-refractivity contribution >= 4 is 11.8 Å². The number of hydrogen-bond acceptors (Lipinski definition) is 3. The number of hydrogen-bond donors (Lipinski definition) is 2. The van der Waals surface area contributed by atoms with Crippen molar-refractivity contribution in [3.63, 3.8) is 0 Å². The maximum absolute atomic E-state index is 13.1. The lowest BCUT2D eigenvalue weighted by Crippen LogP contribution is -2.35. The van der Waals surface area contributed by atoms with Crippen molar-refractivity contribution in [2.45, 2.75) is 31.7 Å². The van der Waals surface area contributed by atoms with Gasteiger partial charge in [0.05, 0.1) is 24.4 Å². The van der Waals surface area contributed by atoms with E-state index in [9.17, 15) is 18.0 Å². The Morgan fingerprint density at radius 1 is 1.31 bits per heavy atom. The Balaban J connectivity index is 1.65. The highest BCUT2D eigenvalue weighted by Gasteiger charge is 2.33. The molecule has 1 aromatic carbocycles.